The predicted octanol–water partition coefficient (Wildman–Crippen LogP) is 0.649. The van der Waals surface area contributed by atoms with Crippen LogP contribution in [-0.2, 0) is 9.84 Å². The van der Waals surface area contributed by atoms with Crippen molar-refractivity contribution < 1.29 is 8.42 Å². The minimum atomic E-state index is -2.92. The molecule has 19 heavy (non-hydrogen) atoms. The number of hydrogen-bond acceptors (Lipinski definition) is 5. The molecule has 1 aliphatic heterocycles. The number of nitrogens with zero attached hydrogens (tertiary/aromatic N) is 2. The lowest BCUT2D eigenvalue weighted by Crippen LogP contribution is -2.28. The second-order valence-corrected chi connectivity index (χ2v) is 7.46. The Morgan fingerprint density at radius 2 is 2.11 bits per heavy atom. The molecule has 1 aromatic heterocycles. The van der Waals surface area contributed by atoms with E-state index in [4.69, 9.17) is 18.0 Å². The Morgan fingerprint density at radius 1 is 1.37 bits per heavy atom. The van der Waals surface area contributed by atoms with Gasteiger partial charge < -0.3 is 10.6 Å². The third kappa shape index (κ3) is 3.63. The van der Waals surface area contributed by atoms with E-state index in [9.17, 15) is 8.42 Å². The third-order valence-electron chi connectivity index (χ3n) is 3.10. The Morgan fingerprint density at radius 3 is 2.79 bits per heavy atom. The van der Waals surface area contributed by atoms with Crippen molar-refractivity contribution in [1.29, 1.82) is 0 Å². The number of pyridine rings is 1. The van der Waals surface area contributed by atoms with Gasteiger partial charge in [-0.2, -0.15) is 0 Å². The summed E-state index contributed by atoms with van der Waals surface area (Å²) in [7, 11) is -2.92. The quantitative estimate of drug-likeness (QED) is 0.808. The van der Waals surface area contributed by atoms with Crippen LogP contribution in [0.3, 0.4) is 0 Å². The van der Waals surface area contributed by atoms with E-state index in [1.807, 2.05) is 24.0 Å². The number of nitrogens with two attached hydrogens (primary N) is 1. The molecule has 1 aromatic rings. The molecular formula is C12H17N3O2S2. The van der Waals surface area contributed by atoms with Gasteiger partial charge in [-0.3, -0.25) is 0 Å². The number of sulfone groups is 1. The van der Waals surface area contributed by atoms with E-state index in [1.54, 1.807) is 0 Å². The van der Waals surface area contributed by atoms with Crippen LogP contribution in [0.1, 0.15) is 17.7 Å². The molecule has 0 saturated carbocycles. The molecule has 1 aliphatic rings. The van der Waals surface area contributed by atoms with E-state index in [0.717, 1.165) is 17.1 Å². The molecule has 2 N–H and O–H groups in total. The number of aryl methyl sites for hydroxylation is 1. The van der Waals surface area contributed by atoms with Crippen LogP contribution in [0, 0.1) is 6.92 Å². The van der Waals surface area contributed by atoms with Gasteiger partial charge in [0.05, 0.1) is 11.5 Å². The van der Waals surface area contributed by atoms with Crippen molar-refractivity contribution in [2.45, 2.75) is 13.3 Å². The van der Waals surface area contributed by atoms with Crippen LogP contribution in [-0.4, -0.2) is 43.0 Å². The zero-order chi connectivity index (χ0) is 14.0. The van der Waals surface area contributed by atoms with E-state index < -0.39 is 9.84 Å². The zero-order valence-electron chi connectivity index (χ0n) is 10.8. The van der Waals surface area contributed by atoms with Crippen LogP contribution < -0.4 is 10.6 Å². The Hall–Kier alpha value is -1.21. The largest absolute Gasteiger partial charge is 0.389 e. The fourth-order valence-corrected chi connectivity index (χ4v) is 3.51. The second-order valence-electron chi connectivity index (χ2n) is 4.71. The van der Waals surface area contributed by atoms with Gasteiger partial charge in [0.1, 0.15) is 10.8 Å². The van der Waals surface area contributed by atoms with E-state index in [-0.39, 0.29) is 11.5 Å². The molecule has 1 fully saturated rings. The molecular weight excluding hydrogens is 282 g/mol. The summed E-state index contributed by atoms with van der Waals surface area (Å²) in [6.45, 7) is 3.03. The Balaban J connectivity index is 2.29. The number of hydrogen-bond donors (Lipinski definition) is 1. The van der Waals surface area contributed by atoms with Crippen molar-refractivity contribution in [3.8, 4) is 0 Å². The first-order valence-electron chi connectivity index (χ1n) is 6.11. The van der Waals surface area contributed by atoms with Crippen molar-refractivity contribution in [2.24, 2.45) is 5.73 Å². The lowest BCUT2D eigenvalue weighted by molar-refractivity contribution is 0.597. The fourth-order valence-electron chi connectivity index (χ4n) is 2.12. The summed E-state index contributed by atoms with van der Waals surface area (Å²) in [5.41, 5.74) is 7.24. The molecule has 0 spiro atoms. The van der Waals surface area contributed by atoms with Gasteiger partial charge in [-0.15, -0.1) is 0 Å². The van der Waals surface area contributed by atoms with E-state index in [0.29, 0.717) is 24.5 Å². The summed E-state index contributed by atoms with van der Waals surface area (Å²) in [6, 6.07) is 3.66. The summed E-state index contributed by atoms with van der Waals surface area (Å²) in [5.74, 6) is 1.17. The summed E-state index contributed by atoms with van der Waals surface area (Å²) >= 11 is 4.98. The maximum absolute atomic E-state index is 11.6. The molecule has 2 heterocycles. The van der Waals surface area contributed by atoms with Crippen LogP contribution in [0.4, 0.5) is 5.82 Å². The van der Waals surface area contributed by atoms with E-state index in [1.165, 1.54) is 0 Å². The Kier molecular flexibility index (Phi) is 4.05. The molecule has 0 bridgehead atoms. The number of rotatable bonds is 2. The van der Waals surface area contributed by atoms with Crippen molar-refractivity contribution in [2.75, 3.05) is 29.5 Å². The molecule has 104 valence electrons. The normalized spacial score (nSPS) is 18.9. The molecule has 0 aromatic carbocycles. The average molecular weight is 299 g/mol. The molecule has 0 atom stereocenters. The van der Waals surface area contributed by atoms with Crippen LogP contribution in [0.15, 0.2) is 12.1 Å². The molecule has 2 rings (SSSR count). The number of aromatic nitrogens is 1. The van der Waals surface area contributed by atoms with Gasteiger partial charge in [-0.1, -0.05) is 12.2 Å². The lowest BCUT2D eigenvalue weighted by atomic mass is 10.2. The first kappa shape index (κ1) is 14.2. The van der Waals surface area contributed by atoms with Crippen LogP contribution in [0.5, 0.6) is 0 Å². The maximum Gasteiger partial charge on any atom is 0.152 e. The summed E-state index contributed by atoms with van der Waals surface area (Å²) in [5, 5.41) is 0. The van der Waals surface area contributed by atoms with Crippen LogP contribution in [0.25, 0.3) is 0 Å². The monoisotopic (exact) mass is 299 g/mol. The molecule has 0 unspecified atom stereocenters. The highest BCUT2D eigenvalue weighted by atomic mass is 32.2. The lowest BCUT2D eigenvalue weighted by Gasteiger charge is -2.21. The molecule has 0 radical (unpaired) electrons. The summed E-state index contributed by atoms with van der Waals surface area (Å²) in [4.78, 5) is 6.76. The van der Waals surface area contributed by atoms with Crippen LogP contribution in [0.2, 0.25) is 0 Å². The third-order valence-corrected chi connectivity index (χ3v) is 5.05. The smallest absolute Gasteiger partial charge is 0.152 e. The maximum atomic E-state index is 11.6. The van der Waals surface area contributed by atoms with E-state index >= 15 is 0 Å². The van der Waals surface area contributed by atoms with Crippen molar-refractivity contribution >= 4 is 32.9 Å². The highest BCUT2D eigenvalue weighted by Crippen LogP contribution is 2.17. The fraction of sp³-hybridized carbons (Fsp3) is 0.500. The highest BCUT2D eigenvalue weighted by Gasteiger charge is 2.20. The van der Waals surface area contributed by atoms with Crippen LogP contribution >= 0.6 is 12.2 Å². The second kappa shape index (κ2) is 5.42. The SMILES string of the molecule is Cc1cc(C(N)=S)cc(N2CCCS(=O)(=O)CC2)n1. The molecule has 7 heteroatoms. The summed E-state index contributed by atoms with van der Waals surface area (Å²) < 4.78 is 23.2. The first-order valence-corrected chi connectivity index (χ1v) is 8.34. The van der Waals surface area contributed by atoms with Gasteiger partial charge >= 0.3 is 0 Å². The van der Waals surface area contributed by atoms with Gasteiger partial charge in [0.15, 0.2) is 9.84 Å². The standard InChI is InChI=1S/C12H17N3O2S2/c1-9-7-10(12(13)18)8-11(14-9)15-3-2-5-19(16,17)6-4-15/h7-8H,2-6H2,1H3,(H2,13,18). The topological polar surface area (TPSA) is 76.3 Å². The molecule has 1 saturated heterocycles. The summed E-state index contributed by atoms with van der Waals surface area (Å²) in [6.07, 6.45) is 0.625. The highest BCUT2D eigenvalue weighted by molar-refractivity contribution is 7.91. The van der Waals surface area contributed by atoms with Gasteiger partial charge in [0.2, 0.25) is 0 Å². The van der Waals surface area contributed by atoms with Gasteiger partial charge in [0, 0.05) is 24.3 Å². The average Bonchev–Trinajstić information content (AvgIpc) is 2.49. The minimum Gasteiger partial charge on any atom is -0.389 e. The van der Waals surface area contributed by atoms with Crippen molar-refractivity contribution in [3.63, 3.8) is 0 Å². The predicted molar refractivity (Wildman–Crippen MR) is 80.3 cm³/mol. The number of anilines is 1. The molecule has 0 aliphatic carbocycles. The van der Waals surface area contributed by atoms with Crippen molar-refractivity contribution in [1.82, 2.24) is 4.98 Å². The Bertz CT molecular complexity index is 599. The van der Waals surface area contributed by atoms with Gasteiger partial charge in [-0.25, -0.2) is 13.4 Å². The van der Waals surface area contributed by atoms with Gasteiger partial charge in [0.25, 0.3) is 0 Å². The zero-order valence-corrected chi connectivity index (χ0v) is 12.4. The van der Waals surface area contributed by atoms with E-state index in [2.05, 4.69) is 4.98 Å². The van der Waals surface area contributed by atoms with Gasteiger partial charge in [-0.05, 0) is 25.5 Å². The molecule has 0 amide bonds. The van der Waals surface area contributed by atoms with Crippen molar-refractivity contribution in [3.05, 3.63) is 23.4 Å². The Labute approximate surface area is 118 Å². The molecule has 5 nitrogen and oxygen atoms in total. The first-order chi connectivity index (χ1) is 8.87. The minimum absolute atomic E-state index is 0.172. The number of thiocarbonyl (C=S) groups is 1.